The van der Waals surface area contributed by atoms with Crippen molar-refractivity contribution >= 4 is 0 Å². The van der Waals surface area contributed by atoms with Crippen molar-refractivity contribution in [3.8, 4) is 0 Å². The summed E-state index contributed by atoms with van der Waals surface area (Å²) in [6.45, 7) is 2.93. The Labute approximate surface area is 81.2 Å². The van der Waals surface area contributed by atoms with Crippen LogP contribution in [0.25, 0.3) is 0 Å². The number of fused-ring (bicyclic) bond motifs is 1. The average molecular weight is 203 g/mol. The standard InChI is InChI=1S/C8H13NO5/c1-2-5-3-12-8-6(14-9(10)11)4-13-7(5)8/h5-8H,2-4H2,1H3. The molecule has 14 heavy (non-hydrogen) atoms. The molecule has 0 amide bonds. The zero-order chi connectivity index (χ0) is 10.1. The second-order valence-electron chi connectivity index (χ2n) is 3.63. The molecular weight excluding hydrogens is 190 g/mol. The van der Waals surface area contributed by atoms with Gasteiger partial charge < -0.3 is 14.3 Å². The van der Waals surface area contributed by atoms with Crippen molar-refractivity contribution in [3.63, 3.8) is 0 Å². The first kappa shape index (κ1) is 9.67. The second kappa shape index (κ2) is 3.70. The molecule has 0 bridgehead atoms. The van der Waals surface area contributed by atoms with Crippen molar-refractivity contribution in [2.75, 3.05) is 13.2 Å². The summed E-state index contributed by atoms with van der Waals surface area (Å²) in [5.41, 5.74) is 0. The lowest BCUT2D eigenvalue weighted by atomic mass is 9.99. The molecule has 2 heterocycles. The van der Waals surface area contributed by atoms with E-state index in [2.05, 4.69) is 11.8 Å². The molecule has 0 aromatic rings. The van der Waals surface area contributed by atoms with Crippen molar-refractivity contribution in [1.82, 2.24) is 0 Å². The highest BCUT2D eigenvalue weighted by Gasteiger charge is 2.48. The zero-order valence-electron chi connectivity index (χ0n) is 7.92. The van der Waals surface area contributed by atoms with Gasteiger partial charge in [0.05, 0.1) is 19.3 Å². The summed E-state index contributed by atoms with van der Waals surface area (Å²) in [6.07, 6.45) is 0.133. The second-order valence-corrected chi connectivity index (χ2v) is 3.63. The number of rotatable bonds is 3. The Balaban J connectivity index is 1.97. The molecule has 4 unspecified atom stereocenters. The molecule has 0 aromatic heterocycles. The molecule has 4 atom stereocenters. The Hall–Kier alpha value is -0.880. The van der Waals surface area contributed by atoms with Crippen molar-refractivity contribution in [2.45, 2.75) is 31.7 Å². The largest absolute Gasteiger partial charge is 0.373 e. The van der Waals surface area contributed by atoms with Crippen LogP contribution in [0.15, 0.2) is 0 Å². The molecule has 2 saturated heterocycles. The van der Waals surface area contributed by atoms with Crippen LogP contribution < -0.4 is 0 Å². The number of nitrogens with zero attached hydrogens (tertiary/aromatic N) is 1. The van der Waals surface area contributed by atoms with Crippen LogP contribution >= 0.6 is 0 Å². The van der Waals surface area contributed by atoms with Crippen molar-refractivity contribution < 1.29 is 19.4 Å². The number of hydrogen-bond acceptors (Lipinski definition) is 5. The summed E-state index contributed by atoms with van der Waals surface area (Å²) in [7, 11) is 0. The van der Waals surface area contributed by atoms with Gasteiger partial charge in [-0.1, -0.05) is 6.92 Å². The van der Waals surface area contributed by atoms with E-state index in [1.165, 1.54) is 0 Å². The topological polar surface area (TPSA) is 70.8 Å². The smallest absolute Gasteiger partial charge is 0.294 e. The fourth-order valence-electron chi connectivity index (χ4n) is 2.09. The summed E-state index contributed by atoms with van der Waals surface area (Å²) in [6, 6.07) is 0. The van der Waals surface area contributed by atoms with Gasteiger partial charge in [-0.05, 0) is 6.42 Å². The minimum absolute atomic E-state index is 0.0232. The van der Waals surface area contributed by atoms with Gasteiger partial charge in [0, 0.05) is 5.92 Å². The SMILES string of the molecule is CCC1COC2C(O[N+](=O)[O-])COC12. The van der Waals surface area contributed by atoms with Crippen LogP contribution in [-0.4, -0.2) is 36.6 Å². The predicted molar refractivity (Wildman–Crippen MR) is 45.1 cm³/mol. The fourth-order valence-corrected chi connectivity index (χ4v) is 2.09. The van der Waals surface area contributed by atoms with Gasteiger partial charge >= 0.3 is 0 Å². The summed E-state index contributed by atoms with van der Waals surface area (Å²) in [4.78, 5) is 14.7. The lowest BCUT2D eigenvalue weighted by Gasteiger charge is -2.14. The molecular formula is C8H13NO5. The summed E-state index contributed by atoms with van der Waals surface area (Å²) >= 11 is 0. The van der Waals surface area contributed by atoms with E-state index in [1.807, 2.05) is 0 Å². The first-order valence-electron chi connectivity index (χ1n) is 4.76. The van der Waals surface area contributed by atoms with Gasteiger partial charge in [-0.15, -0.1) is 10.1 Å². The minimum atomic E-state index is -0.779. The van der Waals surface area contributed by atoms with Gasteiger partial charge in [0.1, 0.15) is 6.10 Å². The highest BCUT2D eigenvalue weighted by atomic mass is 17.0. The normalized spacial score (nSPS) is 40.9. The van der Waals surface area contributed by atoms with E-state index in [0.717, 1.165) is 6.42 Å². The summed E-state index contributed by atoms with van der Waals surface area (Å²) in [5.74, 6) is 0.348. The van der Waals surface area contributed by atoms with Crippen LogP contribution in [-0.2, 0) is 14.3 Å². The predicted octanol–water partition coefficient (Wildman–Crippen LogP) is 0.387. The lowest BCUT2D eigenvalue weighted by Crippen LogP contribution is -2.32. The molecule has 6 nitrogen and oxygen atoms in total. The van der Waals surface area contributed by atoms with E-state index >= 15 is 0 Å². The van der Waals surface area contributed by atoms with Crippen LogP contribution in [0, 0.1) is 16.0 Å². The van der Waals surface area contributed by atoms with Crippen LogP contribution in [0.4, 0.5) is 0 Å². The first-order valence-corrected chi connectivity index (χ1v) is 4.76. The first-order chi connectivity index (χ1) is 6.72. The molecule has 0 spiro atoms. The molecule has 80 valence electrons. The quantitative estimate of drug-likeness (QED) is 0.490. The van der Waals surface area contributed by atoms with Gasteiger partial charge in [0.15, 0.2) is 6.10 Å². The van der Waals surface area contributed by atoms with E-state index in [-0.39, 0.29) is 18.8 Å². The van der Waals surface area contributed by atoms with Crippen LogP contribution in [0.5, 0.6) is 0 Å². The Morgan fingerprint density at radius 1 is 1.43 bits per heavy atom. The van der Waals surface area contributed by atoms with Crippen LogP contribution in [0.3, 0.4) is 0 Å². The third-order valence-electron chi connectivity index (χ3n) is 2.86. The van der Waals surface area contributed by atoms with E-state index in [0.29, 0.717) is 12.5 Å². The monoisotopic (exact) mass is 203 g/mol. The van der Waals surface area contributed by atoms with Crippen LogP contribution in [0.1, 0.15) is 13.3 Å². The highest BCUT2D eigenvalue weighted by molar-refractivity contribution is 4.93. The maximum absolute atomic E-state index is 10.2. The van der Waals surface area contributed by atoms with E-state index in [1.54, 1.807) is 0 Å². The molecule has 2 aliphatic heterocycles. The Bertz CT molecular complexity index is 234. The number of ether oxygens (including phenoxy) is 2. The lowest BCUT2D eigenvalue weighted by molar-refractivity contribution is -0.769. The maximum atomic E-state index is 10.2. The third-order valence-corrected chi connectivity index (χ3v) is 2.86. The average Bonchev–Trinajstić information content (AvgIpc) is 2.67. The van der Waals surface area contributed by atoms with Crippen molar-refractivity contribution in [1.29, 1.82) is 0 Å². The molecule has 2 aliphatic rings. The molecule has 0 radical (unpaired) electrons. The molecule has 0 saturated carbocycles. The fraction of sp³-hybridized carbons (Fsp3) is 1.00. The molecule has 0 aromatic carbocycles. The van der Waals surface area contributed by atoms with Gasteiger partial charge in [-0.3, -0.25) is 0 Å². The van der Waals surface area contributed by atoms with Crippen molar-refractivity contribution in [2.24, 2.45) is 5.92 Å². The number of hydrogen-bond donors (Lipinski definition) is 0. The minimum Gasteiger partial charge on any atom is -0.373 e. The molecule has 2 rings (SSSR count). The van der Waals surface area contributed by atoms with Gasteiger partial charge in [0.25, 0.3) is 5.09 Å². The molecule has 0 N–H and O–H groups in total. The van der Waals surface area contributed by atoms with Gasteiger partial charge in [-0.25, -0.2) is 0 Å². The van der Waals surface area contributed by atoms with Crippen LogP contribution in [0.2, 0.25) is 0 Å². The molecule has 2 fully saturated rings. The van der Waals surface area contributed by atoms with E-state index in [4.69, 9.17) is 9.47 Å². The maximum Gasteiger partial charge on any atom is 0.294 e. The summed E-state index contributed by atoms with van der Waals surface area (Å²) < 4.78 is 10.9. The summed E-state index contributed by atoms with van der Waals surface area (Å²) in [5, 5.41) is 9.39. The van der Waals surface area contributed by atoms with Gasteiger partial charge in [-0.2, -0.15) is 0 Å². The third kappa shape index (κ3) is 1.55. The Kier molecular flexibility index (Phi) is 2.56. The van der Waals surface area contributed by atoms with Gasteiger partial charge in [0.2, 0.25) is 0 Å². The van der Waals surface area contributed by atoms with E-state index < -0.39 is 11.2 Å². The zero-order valence-corrected chi connectivity index (χ0v) is 7.92. The highest BCUT2D eigenvalue weighted by Crippen LogP contribution is 2.33. The Morgan fingerprint density at radius 2 is 2.14 bits per heavy atom. The Morgan fingerprint density at radius 3 is 2.79 bits per heavy atom. The van der Waals surface area contributed by atoms with E-state index in [9.17, 15) is 10.1 Å². The molecule has 0 aliphatic carbocycles. The van der Waals surface area contributed by atoms with Crippen molar-refractivity contribution in [3.05, 3.63) is 10.1 Å². The molecule has 6 heteroatoms.